The summed E-state index contributed by atoms with van der Waals surface area (Å²) in [6.07, 6.45) is 1.43. The lowest BCUT2D eigenvalue weighted by molar-refractivity contribution is -0.132. The number of hydrogen-bond donors (Lipinski definition) is 1. The van der Waals surface area contributed by atoms with Gasteiger partial charge in [0, 0.05) is 31.6 Å². The van der Waals surface area contributed by atoms with E-state index in [1.165, 1.54) is 0 Å². The van der Waals surface area contributed by atoms with Crippen LogP contribution in [0.3, 0.4) is 0 Å². The van der Waals surface area contributed by atoms with E-state index in [0.717, 1.165) is 0 Å². The van der Waals surface area contributed by atoms with E-state index in [9.17, 15) is 21.6 Å². The van der Waals surface area contributed by atoms with Gasteiger partial charge in [0.15, 0.2) is 19.7 Å². The summed E-state index contributed by atoms with van der Waals surface area (Å²) in [6.45, 7) is 2.67. The molecule has 0 radical (unpaired) electrons. The van der Waals surface area contributed by atoms with Crippen LogP contribution in [0.5, 0.6) is 0 Å². The van der Waals surface area contributed by atoms with Crippen molar-refractivity contribution < 1.29 is 21.6 Å². The highest BCUT2D eigenvalue weighted by Gasteiger charge is 2.34. The Labute approximate surface area is 132 Å². The molecule has 9 heteroatoms. The summed E-state index contributed by atoms with van der Waals surface area (Å²) >= 11 is 0. The fourth-order valence-corrected chi connectivity index (χ4v) is 6.52. The molecule has 2 rings (SSSR count). The van der Waals surface area contributed by atoms with Crippen molar-refractivity contribution in [3.8, 4) is 0 Å². The molecule has 1 amide bonds. The van der Waals surface area contributed by atoms with E-state index in [1.807, 2.05) is 0 Å². The summed E-state index contributed by atoms with van der Waals surface area (Å²) in [5.41, 5.74) is 0. The van der Waals surface area contributed by atoms with E-state index in [0.29, 0.717) is 32.4 Å². The van der Waals surface area contributed by atoms with Gasteiger partial charge in [-0.3, -0.25) is 4.79 Å². The third-order valence-electron chi connectivity index (χ3n) is 4.29. The fourth-order valence-electron chi connectivity index (χ4n) is 3.08. The van der Waals surface area contributed by atoms with Gasteiger partial charge in [-0.05, 0) is 12.8 Å². The predicted molar refractivity (Wildman–Crippen MR) is 84.1 cm³/mol. The SMILES string of the molecule is CCC(=O)N(CCNC1CCS(=O)(=O)C1)C1CCS(=O)(=O)C1. The molecular formula is C13H24N2O5S2. The second-order valence-electron chi connectivity index (χ2n) is 6.05. The van der Waals surface area contributed by atoms with Crippen molar-refractivity contribution in [2.24, 2.45) is 0 Å². The minimum absolute atomic E-state index is 0.0382. The van der Waals surface area contributed by atoms with Gasteiger partial charge in [-0.1, -0.05) is 6.92 Å². The quantitative estimate of drug-likeness (QED) is 0.671. The number of sulfone groups is 2. The van der Waals surface area contributed by atoms with Crippen molar-refractivity contribution in [1.82, 2.24) is 10.2 Å². The molecule has 0 aromatic carbocycles. The molecule has 1 N–H and O–H groups in total. The Morgan fingerprint density at radius 1 is 1.09 bits per heavy atom. The standard InChI is InChI=1S/C13H24N2O5S2/c1-2-13(16)15(12-4-8-22(19,20)10-12)6-5-14-11-3-7-21(17,18)9-11/h11-12,14H,2-10H2,1H3. The zero-order valence-corrected chi connectivity index (χ0v) is 14.5. The number of carbonyl (C=O) groups is 1. The van der Waals surface area contributed by atoms with Crippen LogP contribution in [0.15, 0.2) is 0 Å². The molecule has 128 valence electrons. The van der Waals surface area contributed by atoms with Crippen LogP contribution in [0.2, 0.25) is 0 Å². The zero-order valence-electron chi connectivity index (χ0n) is 12.8. The number of hydrogen-bond acceptors (Lipinski definition) is 6. The number of carbonyl (C=O) groups excluding carboxylic acids is 1. The van der Waals surface area contributed by atoms with Crippen LogP contribution < -0.4 is 5.32 Å². The van der Waals surface area contributed by atoms with Gasteiger partial charge in [0.1, 0.15) is 0 Å². The van der Waals surface area contributed by atoms with Gasteiger partial charge in [0.2, 0.25) is 5.91 Å². The Hall–Kier alpha value is -0.670. The average molecular weight is 352 g/mol. The average Bonchev–Trinajstić information content (AvgIpc) is 2.96. The molecule has 2 aliphatic rings. The lowest BCUT2D eigenvalue weighted by Gasteiger charge is -2.28. The Kier molecular flexibility index (Phi) is 5.50. The molecule has 0 bridgehead atoms. The topological polar surface area (TPSA) is 101 Å². The lowest BCUT2D eigenvalue weighted by atomic mass is 10.2. The van der Waals surface area contributed by atoms with Crippen molar-refractivity contribution in [1.29, 1.82) is 0 Å². The van der Waals surface area contributed by atoms with Gasteiger partial charge in [-0.15, -0.1) is 0 Å². The maximum Gasteiger partial charge on any atom is 0.222 e. The van der Waals surface area contributed by atoms with Crippen LogP contribution in [0.1, 0.15) is 26.2 Å². The third-order valence-corrected chi connectivity index (χ3v) is 7.81. The molecule has 22 heavy (non-hydrogen) atoms. The largest absolute Gasteiger partial charge is 0.337 e. The third kappa shape index (κ3) is 4.66. The van der Waals surface area contributed by atoms with Crippen molar-refractivity contribution in [3.63, 3.8) is 0 Å². The molecule has 2 atom stereocenters. The van der Waals surface area contributed by atoms with Gasteiger partial charge >= 0.3 is 0 Å². The van der Waals surface area contributed by atoms with Crippen LogP contribution >= 0.6 is 0 Å². The van der Waals surface area contributed by atoms with E-state index in [-0.39, 0.29) is 41.0 Å². The van der Waals surface area contributed by atoms with Crippen LogP contribution in [0, 0.1) is 0 Å². The predicted octanol–water partition coefficient (Wildman–Crippen LogP) is -0.811. The summed E-state index contributed by atoms with van der Waals surface area (Å²) < 4.78 is 46.0. The molecule has 2 fully saturated rings. The Morgan fingerprint density at radius 2 is 1.73 bits per heavy atom. The molecule has 7 nitrogen and oxygen atoms in total. The summed E-state index contributed by atoms with van der Waals surface area (Å²) in [6, 6.07) is -0.303. The fraction of sp³-hybridized carbons (Fsp3) is 0.923. The Bertz CT molecular complexity index is 614. The van der Waals surface area contributed by atoms with Crippen molar-refractivity contribution in [2.75, 3.05) is 36.1 Å². The summed E-state index contributed by atoms with van der Waals surface area (Å²) in [5.74, 6) is 0.481. The lowest BCUT2D eigenvalue weighted by Crippen LogP contribution is -2.45. The Morgan fingerprint density at radius 3 is 2.23 bits per heavy atom. The first-order valence-electron chi connectivity index (χ1n) is 7.66. The van der Waals surface area contributed by atoms with Crippen molar-refractivity contribution >= 4 is 25.6 Å². The second-order valence-corrected chi connectivity index (χ2v) is 10.5. The van der Waals surface area contributed by atoms with Gasteiger partial charge < -0.3 is 10.2 Å². The summed E-state index contributed by atoms with van der Waals surface area (Å²) in [5, 5.41) is 3.17. The molecule has 0 aromatic rings. The summed E-state index contributed by atoms with van der Waals surface area (Å²) in [7, 11) is -5.95. The van der Waals surface area contributed by atoms with Gasteiger partial charge in [0.25, 0.3) is 0 Å². The Balaban J connectivity index is 1.87. The molecule has 0 aromatic heterocycles. The van der Waals surface area contributed by atoms with E-state index >= 15 is 0 Å². The molecule has 0 spiro atoms. The number of nitrogens with zero attached hydrogens (tertiary/aromatic N) is 1. The molecular weight excluding hydrogens is 328 g/mol. The van der Waals surface area contributed by atoms with Crippen LogP contribution in [0.4, 0.5) is 0 Å². The molecule has 2 unspecified atom stereocenters. The molecule has 2 aliphatic heterocycles. The highest BCUT2D eigenvalue weighted by molar-refractivity contribution is 7.91. The highest BCUT2D eigenvalue weighted by atomic mass is 32.2. The van der Waals surface area contributed by atoms with Gasteiger partial charge in [-0.25, -0.2) is 16.8 Å². The number of nitrogens with one attached hydrogen (secondary N) is 1. The van der Waals surface area contributed by atoms with Gasteiger partial charge in [-0.2, -0.15) is 0 Å². The molecule has 0 aliphatic carbocycles. The van der Waals surface area contributed by atoms with E-state index < -0.39 is 19.7 Å². The molecule has 2 heterocycles. The highest BCUT2D eigenvalue weighted by Crippen LogP contribution is 2.18. The maximum atomic E-state index is 12.0. The first-order chi connectivity index (χ1) is 10.2. The minimum Gasteiger partial charge on any atom is -0.337 e. The van der Waals surface area contributed by atoms with E-state index in [4.69, 9.17) is 0 Å². The first kappa shape index (κ1) is 17.7. The summed E-state index contributed by atoms with van der Waals surface area (Å²) in [4.78, 5) is 13.7. The molecule has 0 saturated carbocycles. The molecule has 2 saturated heterocycles. The number of amides is 1. The zero-order chi connectivity index (χ0) is 16.4. The first-order valence-corrected chi connectivity index (χ1v) is 11.3. The maximum absolute atomic E-state index is 12.0. The van der Waals surface area contributed by atoms with E-state index in [2.05, 4.69) is 5.32 Å². The monoisotopic (exact) mass is 352 g/mol. The number of rotatable bonds is 6. The van der Waals surface area contributed by atoms with Crippen molar-refractivity contribution in [3.05, 3.63) is 0 Å². The van der Waals surface area contributed by atoms with E-state index in [1.54, 1.807) is 11.8 Å². The second kappa shape index (κ2) is 6.84. The normalized spacial score (nSPS) is 29.5. The van der Waals surface area contributed by atoms with Crippen LogP contribution in [-0.2, 0) is 24.5 Å². The smallest absolute Gasteiger partial charge is 0.222 e. The van der Waals surface area contributed by atoms with Crippen LogP contribution in [0.25, 0.3) is 0 Å². The van der Waals surface area contributed by atoms with Crippen LogP contribution in [-0.4, -0.2) is 75.8 Å². The minimum atomic E-state index is -3.03. The van der Waals surface area contributed by atoms with Gasteiger partial charge in [0.05, 0.1) is 23.0 Å². The van der Waals surface area contributed by atoms with Crippen molar-refractivity contribution in [2.45, 2.75) is 38.3 Å².